The molecule has 1 aromatic heterocycles. The van der Waals surface area contributed by atoms with Crippen molar-refractivity contribution in [2.45, 2.75) is 59.0 Å². The van der Waals surface area contributed by atoms with Gasteiger partial charge in [0.15, 0.2) is 5.96 Å². The van der Waals surface area contributed by atoms with Crippen LogP contribution < -0.4 is 10.6 Å². The van der Waals surface area contributed by atoms with Crippen molar-refractivity contribution in [1.29, 1.82) is 0 Å². The van der Waals surface area contributed by atoms with E-state index in [4.69, 9.17) is 4.99 Å². The molecule has 1 aliphatic rings. The van der Waals surface area contributed by atoms with Crippen molar-refractivity contribution in [1.82, 2.24) is 15.5 Å². The van der Waals surface area contributed by atoms with Crippen LogP contribution in [-0.4, -0.2) is 42.4 Å². The highest BCUT2D eigenvalue weighted by Crippen LogP contribution is 2.17. The Hall–Kier alpha value is -2.34. The Morgan fingerprint density at radius 1 is 1.13 bits per heavy atom. The van der Waals surface area contributed by atoms with Gasteiger partial charge in [0, 0.05) is 47.4 Å². The normalized spacial score (nSPS) is 15.7. The molecule has 0 saturated carbocycles. The number of guanidine groups is 1. The lowest BCUT2D eigenvalue weighted by Crippen LogP contribution is -2.43. The fraction of sp³-hybridized carbons (Fsp3) is 0.500. The Kier molecular flexibility index (Phi) is 8.31. The molecule has 6 heteroatoms. The van der Waals surface area contributed by atoms with E-state index in [1.54, 1.807) is 0 Å². The van der Waals surface area contributed by atoms with E-state index < -0.39 is 0 Å². The van der Waals surface area contributed by atoms with Crippen LogP contribution in [0.5, 0.6) is 0 Å². The zero-order valence-corrected chi connectivity index (χ0v) is 19.2. The average Bonchev–Trinajstić information content (AvgIpc) is 3.17. The SMILES string of the molecule is CCNC(=NCc1ccc(C(=O)N2CCCCC2)cc1)NC(C)Cc1ccc(C)s1. The first-order valence-corrected chi connectivity index (χ1v) is 11.8. The van der Waals surface area contributed by atoms with Crippen molar-refractivity contribution in [3.05, 3.63) is 57.3 Å². The molecule has 1 atom stereocenters. The summed E-state index contributed by atoms with van der Waals surface area (Å²) in [6.45, 7) is 9.56. The molecule has 1 fully saturated rings. The second kappa shape index (κ2) is 11.2. The predicted octanol–water partition coefficient (Wildman–Crippen LogP) is 4.37. The number of piperidine rings is 1. The largest absolute Gasteiger partial charge is 0.357 e. The lowest BCUT2D eigenvalue weighted by molar-refractivity contribution is 0.0724. The summed E-state index contributed by atoms with van der Waals surface area (Å²) in [4.78, 5) is 22.1. The van der Waals surface area contributed by atoms with E-state index in [1.165, 1.54) is 16.2 Å². The van der Waals surface area contributed by atoms with Crippen LogP contribution in [0.1, 0.15) is 58.8 Å². The summed E-state index contributed by atoms with van der Waals surface area (Å²) in [5.74, 6) is 0.976. The van der Waals surface area contributed by atoms with Crippen LogP contribution in [0.2, 0.25) is 0 Å². The summed E-state index contributed by atoms with van der Waals surface area (Å²) < 4.78 is 0. The van der Waals surface area contributed by atoms with Crippen molar-refractivity contribution in [3.8, 4) is 0 Å². The average molecular weight is 427 g/mol. The van der Waals surface area contributed by atoms with Gasteiger partial charge in [-0.15, -0.1) is 11.3 Å². The summed E-state index contributed by atoms with van der Waals surface area (Å²) in [6.07, 6.45) is 4.44. The molecule has 1 aliphatic heterocycles. The maximum absolute atomic E-state index is 12.6. The Labute approximate surface area is 184 Å². The molecule has 2 heterocycles. The summed E-state index contributed by atoms with van der Waals surface area (Å²) in [7, 11) is 0. The zero-order valence-electron chi connectivity index (χ0n) is 18.4. The van der Waals surface area contributed by atoms with E-state index in [1.807, 2.05) is 40.5 Å². The minimum Gasteiger partial charge on any atom is -0.357 e. The van der Waals surface area contributed by atoms with E-state index in [0.29, 0.717) is 12.6 Å². The van der Waals surface area contributed by atoms with Gasteiger partial charge in [-0.3, -0.25) is 4.79 Å². The number of carbonyl (C=O) groups is 1. The van der Waals surface area contributed by atoms with Gasteiger partial charge in [-0.25, -0.2) is 4.99 Å². The number of rotatable bonds is 7. The van der Waals surface area contributed by atoms with Crippen LogP contribution in [0.4, 0.5) is 0 Å². The molecule has 0 aliphatic carbocycles. The number of likely N-dealkylation sites (tertiary alicyclic amines) is 1. The molecule has 30 heavy (non-hydrogen) atoms. The van der Waals surface area contributed by atoms with Gasteiger partial charge in [0.05, 0.1) is 6.54 Å². The molecule has 0 spiro atoms. The Morgan fingerprint density at radius 3 is 2.50 bits per heavy atom. The Balaban J connectivity index is 1.56. The molecule has 0 radical (unpaired) electrons. The molecular weight excluding hydrogens is 392 g/mol. The molecule has 1 amide bonds. The monoisotopic (exact) mass is 426 g/mol. The maximum atomic E-state index is 12.6. The highest BCUT2D eigenvalue weighted by Gasteiger charge is 2.17. The van der Waals surface area contributed by atoms with Crippen LogP contribution in [0, 0.1) is 6.92 Å². The van der Waals surface area contributed by atoms with E-state index in [9.17, 15) is 4.79 Å². The predicted molar refractivity (Wildman–Crippen MR) is 126 cm³/mol. The van der Waals surface area contributed by atoms with Gasteiger partial charge < -0.3 is 15.5 Å². The number of aryl methyl sites for hydroxylation is 1. The minimum atomic E-state index is 0.150. The van der Waals surface area contributed by atoms with Crippen LogP contribution in [-0.2, 0) is 13.0 Å². The summed E-state index contributed by atoms with van der Waals surface area (Å²) in [5, 5.41) is 6.83. The van der Waals surface area contributed by atoms with E-state index in [2.05, 4.69) is 43.5 Å². The number of nitrogens with zero attached hydrogens (tertiary/aromatic N) is 2. The van der Waals surface area contributed by atoms with Gasteiger partial charge in [-0.2, -0.15) is 0 Å². The van der Waals surface area contributed by atoms with Gasteiger partial charge in [0.2, 0.25) is 0 Å². The van der Waals surface area contributed by atoms with E-state index in [0.717, 1.165) is 56.0 Å². The maximum Gasteiger partial charge on any atom is 0.253 e. The third-order valence-corrected chi connectivity index (χ3v) is 6.32. The minimum absolute atomic E-state index is 0.150. The Bertz CT molecular complexity index is 837. The first-order chi connectivity index (χ1) is 14.5. The summed E-state index contributed by atoms with van der Waals surface area (Å²) in [5.41, 5.74) is 1.87. The molecular formula is C24H34N4OS. The smallest absolute Gasteiger partial charge is 0.253 e. The van der Waals surface area contributed by atoms with Crippen molar-refractivity contribution >= 4 is 23.2 Å². The van der Waals surface area contributed by atoms with Crippen molar-refractivity contribution in [2.75, 3.05) is 19.6 Å². The van der Waals surface area contributed by atoms with Crippen LogP contribution >= 0.6 is 11.3 Å². The fourth-order valence-electron chi connectivity index (χ4n) is 3.70. The second-order valence-corrected chi connectivity index (χ2v) is 9.38. The molecule has 2 N–H and O–H groups in total. The Morgan fingerprint density at radius 2 is 1.87 bits per heavy atom. The molecule has 3 rings (SSSR count). The molecule has 1 unspecified atom stereocenters. The quantitative estimate of drug-likeness (QED) is 0.511. The highest BCUT2D eigenvalue weighted by atomic mass is 32.1. The number of nitrogens with one attached hydrogen (secondary N) is 2. The third-order valence-electron chi connectivity index (χ3n) is 5.29. The molecule has 1 aromatic carbocycles. The highest BCUT2D eigenvalue weighted by molar-refractivity contribution is 7.11. The van der Waals surface area contributed by atoms with Gasteiger partial charge in [0.25, 0.3) is 5.91 Å². The number of benzene rings is 1. The number of amides is 1. The van der Waals surface area contributed by atoms with Gasteiger partial charge >= 0.3 is 0 Å². The fourth-order valence-corrected chi connectivity index (χ4v) is 4.72. The lowest BCUT2D eigenvalue weighted by Gasteiger charge is -2.26. The van der Waals surface area contributed by atoms with E-state index >= 15 is 0 Å². The molecule has 2 aromatic rings. The first kappa shape index (κ1) is 22.3. The van der Waals surface area contributed by atoms with Gasteiger partial charge in [-0.05, 0) is 69.9 Å². The second-order valence-electron chi connectivity index (χ2n) is 8.01. The topological polar surface area (TPSA) is 56.7 Å². The van der Waals surface area contributed by atoms with Gasteiger partial charge in [-0.1, -0.05) is 12.1 Å². The third kappa shape index (κ3) is 6.59. The summed E-state index contributed by atoms with van der Waals surface area (Å²) >= 11 is 1.85. The molecule has 5 nitrogen and oxygen atoms in total. The van der Waals surface area contributed by atoms with Crippen molar-refractivity contribution < 1.29 is 4.79 Å². The number of hydrogen-bond acceptors (Lipinski definition) is 3. The molecule has 0 bridgehead atoms. The lowest BCUT2D eigenvalue weighted by atomic mass is 10.1. The zero-order chi connectivity index (χ0) is 21.3. The number of thiophene rings is 1. The molecule has 1 saturated heterocycles. The van der Waals surface area contributed by atoms with E-state index in [-0.39, 0.29) is 5.91 Å². The standard InChI is InChI=1S/C24H34N4OS/c1-4-25-24(27-18(2)16-22-13-8-19(3)30-22)26-17-20-9-11-21(12-10-20)23(29)28-14-6-5-7-15-28/h8-13,18H,4-7,14-17H2,1-3H3,(H2,25,26,27). The van der Waals surface area contributed by atoms with Crippen molar-refractivity contribution in [2.24, 2.45) is 4.99 Å². The number of hydrogen-bond donors (Lipinski definition) is 2. The van der Waals surface area contributed by atoms with Crippen molar-refractivity contribution in [3.63, 3.8) is 0 Å². The van der Waals surface area contributed by atoms with Crippen LogP contribution in [0.25, 0.3) is 0 Å². The van der Waals surface area contributed by atoms with Crippen LogP contribution in [0.3, 0.4) is 0 Å². The molecule has 162 valence electrons. The number of aliphatic imine (C=N–C) groups is 1. The van der Waals surface area contributed by atoms with Gasteiger partial charge in [0.1, 0.15) is 0 Å². The summed E-state index contributed by atoms with van der Waals surface area (Å²) in [6, 6.07) is 12.6. The first-order valence-electron chi connectivity index (χ1n) is 11.0. The number of carbonyl (C=O) groups excluding carboxylic acids is 1. The van der Waals surface area contributed by atoms with Crippen LogP contribution in [0.15, 0.2) is 41.4 Å².